The van der Waals surface area contributed by atoms with E-state index < -0.39 is 15.6 Å². The zero-order valence-corrected chi connectivity index (χ0v) is 51.3. The van der Waals surface area contributed by atoms with Crippen molar-refractivity contribution >= 4 is 15.6 Å². The Hall–Kier alpha value is -3.12. The third-order valence-electron chi connectivity index (χ3n) is 13.3. The first-order valence-electron chi connectivity index (χ1n) is 28.1. The first-order chi connectivity index (χ1) is 34.8. The van der Waals surface area contributed by atoms with Gasteiger partial charge in [0.05, 0.1) is 6.61 Å². The van der Waals surface area contributed by atoms with E-state index in [0.717, 1.165) is 140 Å². The summed E-state index contributed by atoms with van der Waals surface area (Å²) in [7, 11) is -9.93. The standard InChI is InChI=1S/C65H108O7P2/c1-53(2)27-15-28-54(3)29-16-30-55(4)31-17-32-56(5)33-18-34-57(6)35-19-36-58(7)37-20-38-59(8)39-21-40-60(9)41-22-42-61(10)43-23-44-62(11)45-24-46-63(12)47-25-48-64(13)49-26-50-65(14)51-52-71-74(69,70)72-73(66,67)68/h27,29,31,33,35,37,39,41,43,45,47,49,51H,15-26,28,30,32,34,36,38,40,42,44,46,48,50,52H2,1-14H3,(H,69,70)(H2,66,67,68)/b54-29+,55-31+,56-33-,57-35-,58-37-,59-39-,60-41-,61-43-,62-45-,63-47-,64-49-,65-51-. The molecule has 0 aliphatic carbocycles. The Labute approximate surface area is 455 Å². The smallest absolute Gasteiger partial charge is 0.302 e. The molecule has 0 aliphatic rings. The van der Waals surface area contributed by atoms with Crippen LogP contribution >= 0.6 is 15.6 Å². The number of phosphoric ester groups is 1. The maximum Gasteiger partial charge on any atom is 0.481 e. The highest BCUT2D eigenvalue weighted by Gasteiger charge is 2.31. The van der Waals surface area contributed by atoms with Crippen LogP contribution in [0, 0.1) is 0 Å². The molecule has 0 saturated heterocycles. The number of phosphoric acid groups is 2. The fourth-order valence-corrected chi connectivity index (χ4v) is 9.78. The molecule has 0 saturated carbocycles. The molecule has 0 radical (unpaired) electrons. The van der Waals surface area contributed by atoms with Crippen molar-refractivity contribution in [1.82, 2.24) is 0 Å². The van der Waals surface area contributed by atoms with Crippen LogP contribution in [0.3, 0.4) is 0 Å². The average molecular weight is 1060 g/mol. The molecule has 0 aliphatic heterocycles. The van der Waals surface area contributed by atoms with Crippen LogP contribution in [0.25, 0.3) is 0 Å². The Kier molecular flexibility index (Phi) is 41.1. The van der Waals surface area contributed by atoms with Crippen molar-refractivity contribution in [3.05, 3.63) is 151 Å². The minimum Gasteiger partial charge on any atom is -0.302 e. The lowest BCUT2D eigenvalue weighted by molar-refractivity contribution is 0.191. The van der Waals surface area contributed by atoms with Gasteiger partial charge < -0.3 is 14.7 Å². The lowest BCUT2D eigenvalue weighted by Gasteiger charge is -2.11. The van der Waals surface area contributed by atoms with Gasteiger partial charge in [-0.15, -0.1) is 0 Å². The van der Waals surface area contributed by atoms with E-state index in [1.54, 1.807) is 6.08 Å². The zero-order chi connectivity index (χ0) is 55.8. The first-order valence-corrected chi connectivity index (χ1v) is 31.1. The normalized spacial score (nSPS) is 15.9. The summed E-state index contributed by atoms with van der Waals surface area (Å²) in [6, 6.07) is 0. The molecule has 1 unspecified atom stereocenters. The van der Waals surface area contributed by atoms with E-state index in [1.165, 1.54) is 86.1 Å². The quantitative estimate of drug-likeness (QED) is 0.0413. The zero-order valence-electron chi connectivity index (χ0n) is 49.6. The monoisotopic (exact) mass is 1060 g/mol. The average Bonchev–Trinajstić information content (AvgIpc) is 3.28. The largest absolute Gasteiger partial charge is 0.481 e. The van der Waals surface area contributed by atoms with Crippen LogP contribution in [-0.4, -0.2) is 21.3 Å². The van der Waals surface area contributed by atoms with Gasteiger partial charge in [-0.05, 0) is 251 Å². The van der Waals surface area contributed by atoms with Crippen molar-refractivity contribution in [2.75, 3.05) is 6.61 Å². The Morgan fingerprint density at radius 1 is 0.284 bits per heavy atom. The summed E-state index contributed by atoms with van der Waals surface area (Å²) in [4.78, 5) is 26.7. The molecule has 0 spiro atoms. The molecular formula is C65H108O7P2. The van der Waals surface area contributed by atoms with Gasteiger partial charge in [0.2, 0.25) is 0 Å². The number of hydrogen-bond donors (Lipinski definition) is 3. The molecule has 3 N–H and O–H groups in total. The van der Waals surface area contributed by atoms with Crippen molar-refractivity contribution in [2.24, 2.45) is 0 Å². The fraction of sp³-hybridized carbons (Fsp3) is 0.600. The number of allylic oxidation sites excluding steroid dienone is 25. The van der Waals surface area contributed by atoms with E-state index in [-0.39, 0.29) is 6.61 Å². The van der Waals surface area contributed by atoms with Crippen LogP contribution in [0.2, 0.25) is 0 Å². The van der Waals surface area contributed by atoms with E-state index in [4.69, 9.17) is 9.79 Å². The van der Waals surface area contributed by atoms with Crippen LogP contribution in [0.4, 0.5) is 0 Å². The number of rotatable bonds is 41. The summed E-state index contributed by atoms with van der Waals surface area (Å²) in [5.74, 6) is 0. The van der Waals surface area contributed by atoms with Crippen LogP contribution in [0.1, 0.15) is 251 Å². The molecule has 7 nitrogen and oxygen atoms in total. The Balaban J connectivity index is 4.33. The van der Waals surface area contributed by atoms with Crippen molar-refractivity contribution in [3.63, 3.8) is 0 Å². The molecule has 0 heterocycles. The van der Waals surface area contributed by atoms with E-state index in [1.807, 2.05) is 6.92 Å². The van der Waals surface area contributed by atoms with Gasteiger partial charge in [0, 0.05) is 0 Å². The summed E-state index contributed by atoms with van der Waals surface area (Å²) in [6.45, 7) is 30.9. The predicted octanol–water partition coefficient (Wildman–Crippen LogP) is 21.9. The summed E-state index contributed by atoms with van der Waals surface area (Å²) < 4.78 is 30.7. The molecule has 0 fully saturated rings. The topological polar surface area (TPSA) is 113 Å². The Bertz CT molecular complexity index is 2130. The maximum atomic E-state index is 11.5. The van der Waals surface area contributed by atoms with Gasteiger partial charge in [-0.25, -0.2) is 9.13 Å². The minimum atomic E-state index is -5.11. The van der Waals surface area contributed by atoms with E-state index in [0.29, 0.717) is 0 Å². The second kappa shape index (κ2) is 42.9. The Morgan fingerprint density at radius 3 is 0.608 bits per heavy atom. The molecule has 74 heavy (non-hydrogen) atoms. The SMILES string of the molecule is CC(C)=CCC/C(C)=C/CC/C(C)=C/CC/C(C)=C\CC/C(C)=C\CC/C(C)=C\CC/C(C)=C\CC/C(C)=C\CC/C(C)=C\CC/C(C)=C\CC/C(C)=C\CC/C(C)=C\CC/C(C)=C\COP(=O)(O)OP(=O)(O)O. The highest BCUT2D eigenvalue weighted by atomic mass is 31.3. The maximum absolute atomic E-state index is 11.5. The van der Waals surface area contributed by atoms with Gasteiger partial charge in [-0.2, -0.15) is 4.31 Å². The molecule has 420 valence electrons. The van der Waals surface area contributed by atoms with E-state index in [2.05, 4.69) is 172 Å². The fourth-order valence-electron chi connectivity index (χ4n) is 8.25. The predicted molar refractivity (Wildman–Crippen MR) is 324 cm³/mol. The molecule has 1 atom stereocenters. The molecule has 0 aromatic heterocycles. The summed E-state index contributed by atoms with van der Waals surface area (Å²) in [5, 5.41) is 0. The van der Waals surface area contributed by atoms with Gasteiger partial charge in [0.15, 0.2) is 0 Å². The molecule has 0 amide bonds. The highest BCUT2D eigenvalue weighted by molar-refractivity contribution is 7.60. The lowest BCUT2D eigenvalue weighted by Crippen LogP contribution is -1.94. The van der Waals surface area contributed by atoms with Crippen molar-refractivity contribution in [3.8, 4) is 0 Å². The molecule has 9 heteroatoms. The second-order valence-corrected chi connectivity index (χ2v) is 24.5. The van der Waals surface area contributed by atoms with Crippen LogP contribution < -0.4 is 0 Å². The molecule has 0 aromatic carbocycles. The molecule has 0 rings (SSSR count). The van der Waals surface area contributed by atoms with E-state index >= 15 is 0 Å². The molecular weight excluding hydrogens is 955 g/mol. The molecule has 0 aromatic rings. The van der Waals surface area contributed by atoms with Crippen molar-refractivity contribution in [1.29, 1.82) is 0 Å². The van der Waals surface area contributed by atoms with Crippen molar-refractivity contribution < 1.29 is 32.6 Å². The summed E-state index contributed by atoms with van der Waals surface area (Å²) in [6.07, 6.45) is 56.8. The summed E-state index contributed by atoms with van der Waals surface area (Å²) >= 11 is 0. The first kappa shape index (κ1) is 70.9. The van der Waals surface area contributed by atoms with Gasteiger partial charge in [0.1, 0.15) is 0 Å². The third kappa shape index (κ3) is 47.3. The third-order valence-corrected chi connectivity index (χ3v) is 15.5. The van der Waals surface area contributed by atoms with Crippen LogP contribution in [-0.2, 0) is 18.0 Å². The van der Waals surface area contributed by atoms with Crippen molar-refractivity contribution in [2.45, 2.75) is 251 Å². The highest BCUT2D eigenvalue weighted by Crippen LogP contribution is 2.57. The summed E-state index contributed by atoms with van der Waals surface area (Å²) in [5.41, 5.74) is 18.6. The van der Waals surface area contributed by atoms with Gasteiger partial charge in [-0.1, -0.05) is 151 Å². The van der Waals surface area contributed by atoms with Gasteiger partial charge in [-0.3, -0.25) is 4.52 Å². The van der Waals surface area contributed by atoms with Crippen LogP contribution in [0.5, 0.6) is 0 Å². The van der Waals surface area contributed by atoms with E-state index in [9.17, 15) is 14.0 Å². The van der Waals surface area contributed by atoms with Crippen LogP contribution in [0.15, 0.2) is 151 Å². The van der Waals surface area contributed by atoms with Gasteiger partial charge in [0.25, 0.3) is 0 Å². The lowest BCUT2D eigenvalue weighted by atomic mass is 10.0. The Morgan fingerprint density at radius 2 is 0.446 bits per heavy atom. The number of hydrogen-bond acceptors (Lipinski definition) is 4. The molecule has 0 bridgehead atoms. The van der Waals surface area contributed by atoms with Gasteiger partial charge >= 0.3 is 15.6 Å². The minimum absolute atomic E-state index is 0.275. The second-order valence-electron chi connectivity index (χ2n) is 21.7.